The van der Waals surface area contributed by atoms with E-state index in [9.17, 15) is 0 Å². The molecule has 1 aromatic rings. The average Bonchev–Trinajstić information content (AvgIpc) is 2.77. The second-order valence-corrected chi connectivity index (χ2v) is 5.76. The van der Waals surface area contributed by atoms with Crippen molar-refractivity contribution in [2.24, 2.45) is 0 Å². The maximum atomic E-state index is 4.47. The summed E-state index contributed by atoms with van der Waals surface area (Å²) in [5, 5.41) is 3.53. The third-order valence-corrected chi connectivity index (χ3v) is 3.65. The van der Waals surface area contributed by atoms with Gasteiger partial charge in [0.15, 0.2) is 0 Å². The first-order chi connectivity index (χ1) is 8.66. The third-order valence-electron chi connectivity index (χ3n) is 3.65. The van der Waals surface area contributed by atoms with Crippen LogP contribution in [-0.2, 0) is 0 Å². The molecule has 0 radical (unpaired) electrons. The Labute approximate surface area is 110 Å². The van der Waals surface area contributed by atoms with Crippen LogP contribution in [0.3, 0.4) is 0 Å². The average molecular weight is 250 g/mol. The van der Waals surface area contributed by atoms with Gasteiger partial charge in [0.2, 0.25) is 5.95 Å². The molecule has 0 aromatic carbocycles. The van der Waals surface area contributed by atoms with Crippen molar-refractivity contribution in [1.82, 2.24) is 14.5 Å². The molecule has 18 heavy (non-hydrogen) atoms. The Bertz CT molecular complexity index is 352. The first kappa shape index (κ1) is 13.4. The van der Waals surface area contributed by atoms with Crippen molar-refractivity contribution < 1.29 is 0 Å². The van der Waals surface area contributed by atoms with Crippen molar-refractivity contribution in [1.29, 1.82) is 0 Å². The largest absolute Gasteiger partial charge is 0.352 e. The van der Waals surface area contributed by atoms with Crippen LogP contribution in [0.25, 0.3) is 0 Å². The Morgan fingerprint density at radius 2 is 2.11 bits per heavy atom. The molecular weight excluding hydrogens is 224 g/mol. The summed E-state index contributed by atoms with van der Waals surface area (Å²) in [6.45, 7) is 3.23. The van der Waals surface area contributed by atoms with Crippen LogP contribution in [0.15, 0.2) is 12.4 Å². The summed E-state index contributed by atoms with van der Waals surface area (Å²) in [6.07, 6.45) is 10.7. The number of nitrogens with zero attached hydrogens (tertiary/aromatic N) is 3. The van der Waals surface area contributed by atoms with E-state index in [4.69, 9.17) is 0 Å². The fourth-order valence-electron chi connectivity index (χ4n) is 2.89. The van der Waals surface area contributed by atoms with E-state index >= 15 is 0 Å². The lowest BCUT2D eigenvalue weighted by molar-refractivity contribution is 0.353. The Balaban J connectivity index is 1.98. The fourth-order valence-corrected chi connectivity index (χ4v) is 2.89. The van der Waals surface area contributed by atoms with Crippen LogP contribution in [0.4, 0.5) is 5.95 Å². The van der Waals surface area contributed by atoms with Gasteiger partial charge in [-0.25, -0.2) is 4.98 Å². The number of imidazole rings is 1. The highest BCUT2D eigenvalue weighted by molar-refractivity contribution is 5.28. The molecule has 0 saturated heterocycles. The lowest BCUT2D eigenvalue weighted by Gasteiger charge is -2.26. The van der Waals surface area contributed by atoms with Crippen molar-refractivity contribution in [2.45, 2.75) is 51.1 Å². The number of aromatic nitrogens is 2. The SMILES string of the molecule is CC(CN(C)C)Nc1nccn1C1CCCCC1. The summed E-state index contributed by atoms with van der Waals surface area (Å²) in [4.78, 5) is 6.67. The zero-order chi connectivity index (χ0) is 13.0. The highest BCUT2D eigenvalue weighted by Gasteiger charge is 2.18. The highest BCUT2D eigenvalue weighted by atomic mass is 15.2. The predicted octanol–water partition coefficient (Wildman–Crippen LogP) is 2.75. The van der Waals surface area contributed by atoms with E-state index in [2.05, 4.69) is 47.0 Å². The number of rotatable bonds is 5. The third kappa shape index (κ3) is 3.48. The first-order valence-corrected chi connectivity index (χ1v) is 7.11. The standard InChI is InChI=1S/C14H26N4/c1-12(11-17(2)3)16-14-15-9-10-18(14)13-7-5-4-6-8-13/h9-10,12-13H,4-8,11H2,1-3H3,(H,15,16). The van der Waals surface area contributed by atoms with Crippen LogP contribution < -0.4 is 5.32 Å². The monoisotopic (exact) mass is 250 g/mol. The number of likely N-dealkylation sites (N-methyl/N-ethyl adjacent to an activating group) is 1. The maximum Gasteiger partial charge on any atom is 0.203 e. The zero-order valence-corrected chi connectivity index (χ0v) is 11.9. The first-order valence-electron chi connectivity index (χ1n) is 7.11. The van der Waals surface area contributed by atoms with E-state index in [-0.39, 0.29) is 0 Å². The molecule has 0 amide bonds. The van der Waals surface area contributed by atoms with Gasteiger partial charge in [0.05, 0.1) is 0 Å². The molecule has 1 saturated carbocycles. The fraction of sp³-hybridized carbons (Fsp3) is 0.786. The number of hydrogen-bond acceptors (Lipinski definition) is 3. The lowest BCUT2D eigenvalue weighted by atomic mass is 9.95. The number of hydrogen-bond donors (Lipinski definition) is 1. The molecule has 1 aliphatic carbocycles. The van der Waals surface area contributed by atoms with Crippen molar-refractivity contribution in [3.05, 3.63) is 12.4 Å². The minimum atomic E-state index is 0.421. The Morgan fingerprint density at radius 1 is 1.39 bits per heavy atom. The number of nitrogens with one attached hydrogen (secondary N) is 1. The zero-order valence-electron chi connectivity index (χ0n) is 11.9. The second-order valence-electron chi connectivity index (χ2n) is 5.76. The summed E-state index contributed by atoms with van der Waals surface area (Å²) in [6, 6.07) is 1.07. The molecule has 4 heteroatoms. The van der Waals surface area contributed by atoms with E-state index in [0.29, 0.717) is 12.1 Å². The van der Waals surface area contributed by atoms with Gasteiger partial charge in [-0.05, 0) is 33.9 Å². The normalized spacial score (nSPS) is 19.1. The maximum absolute atomic E-state index is 4.47. The molecule has 0 spiro atoms. The quantitative estimate of drug-likeness (QED) is 0.872. The van der Waals surface area contributed by atoms with Crippen LogP contribution in [0.1, 0.15) is 45.1 Å². The predicted molar refractivity (Wildman–Crippen MR) is 76.0 cm³/mol. The lowest BCUT2D eigenvalue weighted by Crippen LogP contribution is -2.31. The van der Waals surface area contributed by atoms with Crippen molar-refractivity contribution in [2.75, 3.05) is 26.0 Å². The molecule has 0 aliphatic heterocycles. The van der Waals surface area contributed by atoms with E-state index in [1.54, 1.807) is 0 Å². The summed E-state index contributed by atoms with van der Waals surface area (Å²) >= 11 is 0. The summed E-state index contributed by atoms with van der Waals surface area (Å²) in [7, 11) is 4.21. The molecular formula is C14H26N4. The Hall–Kier alpha value is -1.03. The van der Waals surface area contributed by atoms with Gasteiger partial charge in [0.1, 0.15) is 0 Å². The Morgan fingerprint density at radius 3 is 2.78 bits per heavy atom. The molecule has 1 N–H and O–H groups in total. The molecule has 2 rings (SSSR count). The van der Waals surface area contributed by atoms with Gasteiger partial charge in [0.25, 0.3) is 0 Å². The van der Waals surface area contributed by atoms with Gasteiger partial charge in [-0.1, -0.05) is 19.3 Å². The second kappa shape index (κ2) is 6.23. The van der Waals surface area contributed by atoms with E-state index in [0.717, 1.165) is 12.5 Å². The summed E-state index contributed by atoms with van der Waals surface area (Å²) < 4.78 is 2.34. The van der Waals surface area contributed by atoms with Gasteiger partial charge in [-0.3, -0.25) is 0 Å². The summed E-state index contributed by atoms with van der Waals surface area (Å²) in [5.41, 5.74) is 0. The van der Waals surface area contributed by atoms with Gasteiger partial charge in [-0.15, -0.1) is 0 Å². The molecule has 1 unspecified atom stereocenters. The molecule has 1 aliphatic rings. The molecule has 1 atom stereocenters. The highest BCUT2D eigenvalue weighted by Crippen LogP contribution is 2.30. The van der Waals surface area contributed by atoms with Crippen molar-refractivity contribution >= 4 is 5.95 Å². The molecule has 102 valence electrons. The molecule has 4 nitrogen and oxygen atoms in total. The molecule has 1 fully saturated rings. The molecule has 1 heterocycles. The van der Waals surface area contributed by atoms with Crippen LogP contribution in [0, 0.1) is 0 Å². The van der Waals surface area contributed by atoms with E-state index in [1.807, 2.05) is 6.20 Å². The smallest absolute Gasteiger partial charge is 0.203 e. The van der Waals surface area contributed by atoms with Gasteiger partial charge in [-0.2, -0.15) is 0 Å². The van der Waals surface area contributed by atoms with Crippen LogP contribution in [0.5, 0.6) is 0 Å². The molecule has 0 bridgehead atoms. The van der Waals surface area contributed by atoms with Gasteiger partial charge >= 0.3 is 0 Å². The van der Waals surface area contributed by atoms with Gasteiger partial charge < -0.3 is 14.8 Å². The summed E-state index contributed by atoms with van der Waals surface area (Å²) in [5.74, 6) is 1.04. The minimum absolute atomic E-state index is 0.421. The van der Waals surface area contributed by atoms with Crippen LogP contribution >= 0.6 is 0 Å². The van der Waals surface area contributed by atoms with E-state index in [1.165, 1.54) is 32.1 Å². The number of anilines is 1. The minimum Gasteiger partial charge on any atom is -0.352 e. The Kier molecular flexibility index (Phi) is 4.64. The molecule has 1 aromatic heterocycles. The van der Waals surface area contributed by atoms with Crippen LogP contribution in [0.2, 0.25) is 0 Å². The van der Waals surface area contributed by atoms with Crippen LogP contribution in [-0.4, -0.2) is 41.1 Å². The van der Waals surface area contributed by atoms with Gasteiger partial charge in [0, 0.05) is 31.0 Å². The van der Waals surface area contributed by atoms with Crippen molar-refractivity contribution in [3.63, 3.8) is 0 Å². The van der Waals surface area contributed by atoms with Crippen molar-refractivity contribution in [3.8, 4) is 0 Å². The topological polar surface area (TPSA) is 33.1 Å². The van der Waals surface area contributed by atoms with E-state index < -0.39 is 0 Å².